The van der Waals surface area contributed by atoms with Gasteiger partial charge in [0, 0.05) is 19.6 Å². The van der Waals surface area contributed by atoms with E-state index in [2.05, 4.69) is 10.3 Å². The molecule has 0 bridgehead atoms. The lowest BCUT2D eigenvalue weighted by Gasteiger charge is -2.30. The normalized spacial score (nSPS) is 16.3. The van der Waals surface area contributed by atoms with E-state index < -0.39 is 40.1 Å². The van der Waals surface area contributed by atoms with Crippen LogP contribution in [0.4, 0.5) is 5.13 Å². The second-order valence-corrected chi connectivity index (χ2v) is 15.9. The van der Waals surface area contributed by atoms with Gasteiger partial charge in [0.15, 0.2) is 11.7 Å². The number of fused-ring (bicyclic) bond motifs is 1. The van der Waals surface area contributed by atoms with Gasteiger partial charge in [-0.05, 0) is 73.9 Å². The Hall–Kier alpha value is -4.04. The third-order valence-corrected chi connectivity index (χ3v) is 11.5. The molecule has 1 aromatic heterocycles. The summed E-state index contributed by atoms with van der Waals surface area (Å²) in [5.41, 5.74) is 3.25. The molecule has 1 aliphatic heterocycles. The smallest absolute Gasteiger partial charge is 0.326 e. The zero-order valence-electron chi connectivity index (χ0n) is 28.2. The molecule has 1 amide bonds. The number of nitrogens with one attached hydrogen (secondary N) is 1. The molecular weight excluding hydrogens is 665 g/mol. The van der Waals surface area contributed by atoms with Crippen molar-refractivity contribution in [2.24, 2.45) is 5.92 Å². The second kappa shape index (κ2) is 15.7. The van der Waals surface area contributed by atoms with E-state index in [1.54, 1.807) is 17.0 Å². The zero-order chi connectivity index (χ0) is 35.3. The highest BCUT2D eigenvalue weighted by Gasteiger charge is 2.34. The van der Waals surface area contributed by atoms with Gasteiger partial charge in [0.05, 0.1) is 27.3 Å². The standard InChI is InChI=1S/C36H44N4O7S2/c1-23(2)20-39(49(45,46)27-15-16-28-32(19-27)48-36(38-28)40-17-9-14-30(40)35(43)44)21-31(41)29(18-26-12-6-5-7-13-26)37-33(42)22-47-34-24(3)10-8-11-25(34)4/h5-8,10-13,15-16,19,23,29-31,41H,9,14,17-18,20-22H2,1-4H3,(H,37,42)(H,43,44)/t29-,30?,31+/m0/s1. The van der Waals surface area contributed by atoms with E-state index in [4.69, 9.17) is 4.74 Å². The van der Waals surface area contributed by atoms with E-state index in [1.165, 1.54) is 21.7 Å². The predicted octanol–water partition coefficient (Wildman–Crippen LogP) is 4.78. The summed E-state index contributed by atoms with van der Waals surface area (Å²) in [5.74, 6) is -0.773. The fourth-order valence-electron chi connectivity index (χ4n) is 6.16. The largest absolute Gasteiger partial charge is 0.483 e. The molecular formula is C36H44N4O7S2. The van der Waals surface area contributed by atoms with Crippen molar-refractivity contribution in [1.29, 1.82) is 0 Å². The number of amides is 1. The molecule has 2 heterocycles. The summed E-state index contributed by atoms with van der Waals surface area (Å²) in [7, 11) is -4.10. The second-order valence-electron chi connectivity index (χ2n) is 13.0. The number of aliphatic hydroxyl groups excluding tert-OH is 1. The third kappa shape index (κ3) is 8.77. The van der Waals surface area contributed by atoms with Crippen molar-refractivity contribution in [3.05, 3.63) is 83.4 Å². The molecule has 0 spiro atoms. The molecule has 1 saturated heterocycles. The number of carbonyl (C=O) groups excluding carboxylic acids is 1. The molecule has 0 aliphatic carbocycles. The Bertz CT molecular complexity index is 1860. The van der Waals surface area contributed by atoms with Gasteiger partial charge in [0.2, 0.25) is 10.0 Å². The van der Waals surface area contributed by atoms with Crippen LogP contribution in [0.1, 0.15) is 43.4 Å². The van der Waals surface area contributed by atoms with Crippen molar-refractivity contribution in [1.82, 2.24) is 14.6 Å². The van der Waals surface area contributed by atoms with Crippen LogP contribution in [0.3, 0.4) is 0 Å². The Morgan fingerprint density at radius 3 is 2.45 bits per heavy atom. The molecule has 0 saturated carbocycles. The van der Waals surface area contributed by atoms with Crippen molar-refractivity contribution >= 4 is 48.6 Å². The minimum Gasteiger partial charge on any atom is -0.483 e. The highest BCUT2D eigenvalue weighted by molar-refractivity contribution is 7.89. The zero-order valence-corrected chi connectivity index (χ0v) is 29.8. The van der Waals surface area contributed by atoms with Gasteiger partial charge in [-0.3, -0.25) is 4.79 Å². The van der Waals surface area contributed by atoms with Crippen LogP contribution >= 0.6 is 11.3 Å². The highest BCUT2D eigenvalue weighted by atomic mass is 32.2. The fourth-order valence-corrected chi connectivity index (χ4v) is 8.96. The molecule has 49 heavy (non-hydrogen) atoms. The van der Waals surface area contributed by atoms with Crippen LogP contribution in [0, 0.1) is 19.8 Å². The summed E-state index contributed by atoms with van der Waals surface area (Å²) in [6.07, 6.45) is 0.294. The van der Waals surface area contributed by atoms with Crippen LogP contribution in [-0.4, -0.2) is 84.2 Å². The van der Waals surface area contributed by atoms with Crippen LogP contribution in [0.15, 0.2) is 71.6 Å². The summed E-state index contributed by atoms with van der Waals surface area (Å²) >= 11 is 1.26. The molecule has 5 rings (SSSR count). The quantitative estimate of drug-likeness (QED) is 0.159. The van der Waals surface area contributed by atoms with Gasteiger partial charge in [-0.15, -0.1) is 0 Å². The van der Waals surface area contributed by atoms with Crippen molar-refractivity contribution in [3.8, 4) is 5.75 Å². The minimum atomic E-state index is -4.10. The van der Waals surface area contributed by atoms with E-state index in [0.717, 1.165) is 23.1 Å². The number of carboxylic acid groups (broad SMARTS) is 1. The van der Waals surface area contributed by atoms with Crippen LogP contribution in [0.25, 0.3) is 10.2 Å². The number of carboxylic acids is 1. The van der Waals surface area contributed by atoms with Gasteiger partial charge in [-0.25, -0.2) is 18.2 Å². The number of para-hydroxylation sites is 1. The number of rotatable bonds is 15. The Labute approximate surface area is 291 Å². The fraction of sp³-hybridized carbons (Fsp3) is 0.417. The lowest BCUT2D eigenvalue weighted by molar-refractivity contribution is -0.138. The van der Waals surface area contributed by atoms with E-state index in [1.807, 2.05) is 76.2 Å². The molecule has 262 valence electrons. The Morgan fingerprint density at radius 1 is 1.06 bits per heavy atom. The maximum absolute atomic E-state index is 14.2. The average molecular weight is 709 g/mol. The van der Waals surface area contributed by atoms with Crippen molar-refractivity contribution in [3.63, 3.8) is 0 Å². The molecule has 11 nitrogen and oxygen atoms in total. The summed E-state index contributed by atoms with van der Waals surface area (Å²) < 4.78 is 36.1. The lowest BCUT2D eigenvalue weighted by atomic mass is 10.0. The summed E-state index contributed by atoms with van der Waals surface area (Å²) in [6, 6.07) is 18.3. The topological polar surface area (TPSA) is 149 Å². The number of aryl methyl sites for hydroxylation is 2. The molecule has 4 aromatic rings. The van der Waals surface area contributed by atoms with Crippen LogP contribution in [-0.2, 0) is 26.0 Å². The van der Waals surface area contributed by atoms with Gasteiger partial charge in [-0.2, -0.15) is 4.31 Å². The number of hydrogen-bond acceptors (Lipinski definition) is 9. The number of carbonyl (C=O) groups is 2. The number of sulfonamides is 1. The first-order chi connectivity index (χ1) is 23.3. The van der Waals surface area contributed by atoms with Gasteiger partial charge in [-0.1, -0.05) is 73.7 Å². The summed E-state index contributed by atoms with van der Waals surface area (Å²) in [4.78, 5) is 31.4. The number of benzene rings is 3. The molecule has 1 unspecified atom stereocenters. The van der Waals surface area contributed by atoms with Gasteiger partial charge < -0.3 is 25.2 Å². The van der Waals surface area contributed by atoms with Crippen molar-refractivity contribution < 1.29 is 33.0 Å². The first-order valence-corrected chi connectivity index (χ1v) is 18.7. The van der Waals surface area contributed by atoms with Gasteiger partial charge in [0.25, 0.3) is 5.91 Å². The van der Waals surface area contributed by atoms with Crippen LogP contribution in [0.5, 0.6) is 5.75 Å². The third-order valence-electron chi connectivity index (χ3n) is 8.60. The predicted molar refractivity (Wildman–Crippen MR) is 191 cm³/mol. The number of nitrogens with zero attached hydrogens (tertiary/aromatic N) is 3. The van der Waals surface area contributed by atoms with Crippen LogP contribution < -0.4 is 15.0 Å². The molecule has 13 heteroatoms. The van der Waals surface area contributed by atoms with E-state index in [0.29, 0.717) is 34.1 Å². The van der Waals surface area contributed by atoms with E-state index in [-0.39, 0.29) is 36.9 Å². The molecule has 1 aliphatic rings. The number of ether oxygens (including phenoxy) is 1. The first kappa shape index (κ1) is 36.2. The Morgan fingerprint density at radius 2 is 1.78 bits per heavy atom. The molecule has 3 aromatic carbocycles. The number of aliphatic carboxylic acids is 1. The number of aromatic nitrogens is 1. The molecule has 1 fully saturated rings. The molecule has 3 atom stereocenters. The highest BCUT2D eigenvalue weighted by Crippen LogP contribution is 2.35. The maximum atomic E-state index is 14.2. The van der Waals surface area contributed by atoms with Crippen LogP contribution in [0.2, 0.25) is 0 Å². The Balaban J connectivity index is 1.37. The number of hydrogen-bond donors (Lipinski definition) is 3. The molecule has 0 radical (unpaired) electrons. The maximum Gasteiger partial charge on any atom is 0.326 e. The summed E-state index contributed by atoms with van der Waals surface area (Å²) in [6.45, 7) is 7.80. The SMILES string of the molecule is Cc1cccc(C)c1OCC(=O)N[C@@H](Cc1ccccc1)[C@H](O)CN(CC(C)C)S(=O)(=O)c1ccc2nc(N3CCCC3C(=O)O)sc2c1. The van der Waals surface area contributed by atoms with Gasteiger partial charge in [0.1, 0.15) is 11.8 Å². The van der Waals surface area contributed by atoms with Crippen molar-refractivity contribution in [2.75, 3.05) is 31.1 Å². The first-order valence-electron chi connectivity index (χ1n) is 16.4. The van der Waals surface area contributed by atoms with E-state index in [9.17, 15) is 28.2 Å². The van der Waals surface area contributed by atoms with Crippen molar-refractivity contribution in [2.45, 2.75) is 70.0 Å². The number of aliphatic hydroxyl groups is 1. The van der Waals surface area contributed by atoms with E-state index >= 15 is 0 Å². The lowest BCUT2D eigenvalue weighted by Crippen LogP contribution is -2.52. The average Bonchev–Trinajstić information content (AvgIpc) is 3.71. The molecule has 3 N–H and O–H groups in total. The summed E-state index contributed by atoms with van der Waals surface area (Å²) in [5, 5.41) is 24.7. The van der Waals surface area contributed by atoms with Gasteiger partial charge >= 0.3 is 5.97 Å². The monoisotopic (exact) mass is 708 g/mol. The Kier molecular flexibility index (Phi) is 11.6. The minimum absolute atomic E-state index is 0.0462. The number of anilines is 1. The number of thiazole rings is 1.